The van der Waals surface area contributed by atoms with E-state index in [0.717, 1.165) is 0 Å². The summed E-state index contributed by atoms with van der Waals surface area (Å²) >= 11 is 0. The van der Waals surface area contributed by atoms with Gasteiger partial charge in [0.05, 0.1) is 50.2 Å². The van der Waals surface area contributed by atoms with E-state index in [-0.39, 0.29) is 19.6 Å². The van der Waals surface area contributed by atoms with Gasteiger partial charge in [0.15, 0.2) is 6.29 Å². The molecule has 2 aliphatic heterocycles. The molecule has 2 heterocycles. The van der Waals surface area contributed by atoms with Crippen molar-refractivity contribution in [1.29, 1.82) is 0 Å². The molecule has 3 rings (SSSR count). The maximum atomic E-state index is 11.6. The number of hydrogen-bond donors (Lipinski definition) is 14. The van der Waals surface area contributed by atoms with Crippen molar-refractivity contribution in [3.63, 3.8) is 0 Å². The highest BCUT2D eigenvalue weighted by molar-refractivity contribution is 5.07. The van der Waals surface area contributed by atoms with E-state index in [1.807, 2.05) is 0 Å². The number of aliphatic hydroxyl groups excluding tert-OH is 10. The number of ether oxygens (including phenoxy) is 3. The highest BCUT2D eigenvalue weighted by Gasteiger charge is 2.55. The molecule has 0 spiro atoms. The summed E-state index contributed by atoms with van der Waals surface area (Å²) in [7, 11) is 0. The second-order valence-corrected chi connectivity index (χ2v) is 11.1. The van der Waals surface area contributed by atoms with Crippen LogP contribution in [0, 0.1) is 5.92 Å². The molecule has 3 aliphatic rings. The molecule has 0 amide bonds. The van der Waals surface area contributed by atoms with Crippen LogP contribution in [0.5, 0.6) is 0 Å². The third kappa shape index (κ3) is 7.89. The van der Waals surface area contributed by atoms with Crippen molar-refractivity contribution in [3.8, 4) is 0 Å². The molecule has 3 fully saturated rings. The van der Waals surface area contributed by atoms with Crippen molar-refractivity contribution in [2.24, 2.45) is 17.4 Å². The first kappa shape index (κ1) is 34.8. The van der Waals surface area contributed by atoms with E-state index in [2.05, 4.69) is 10.6 Å². The zero-order valence-corrected chi connectivity index (χ0v) is 22.7. The van der Waals surface area contributed by atoms with Crippen LogP contribution in [0.25, 0.3) is 0 Å². The van der Waals surface area contributed by atoms with Gasteiger partial charge in [-0.15, -0.1) is 0 Å². The van der Waals surface area contributed by atoms with E-state index in [1.165, 1.54) is 0 Å². The first-order valence-electron chi connectivity index (χ1n) is 14.0. The minimum Gasteiger partial charge on any atom is -0.396 e. The molecule has 15 unspecified atom stereocenters. The Kier molecular flexibility index (Phi) is 13.5. The number of hydrogen-bond acceptors (Lipinski definition) is 17. The molecule has 0 aromatic carbocycles. The molecule has 41 heavy (non-hydrogen) atoms. The predicted molar refractivity (Wildman–Crippen MR) is 139 cm³/mol. The summed E-state index contributed by atoms with van der Waals surface area (Å²) in [6.45, 7) is -1.19. The SMILES string of the molecule is NC1CC(NC(CO)CO)C(OC2OC(CO)C(O)C(N)C2O)C(O)C1C1OC(CNCCCO)C(O)C(O)C1O. The average molecular weight is 601 g/mol. The summed E-state index contributed by atoms with van der Waals surface area (Å²) in [6, 6.07) is -3.84. The van der Waals surface area contributed by atoms with Crippen LogP contribution in [-0.4, -0.2) is 182 Å². The Morgan fingerprint density at radius 3 is 2.10 bits per heavy atom. The zero-order chi connectivity index (χ0) is 30.4. The molecule has 0 bridgehead atoms. The zero-order valence-electron chi connectivity index (χ0n) is 22.7. The minimum absolute atomic E-state index is 0.0362. The standard InChI is InChI=1S/C24H48N4O13/c25-10-4-11(28-9(6-30)7-31)22(41-24-19(36)15(26)16(33)13(8-32)40-24)18(35)14(10)23-21(38)20(37)17(34)12(39-23)5-27-2-1-3-29/h9-24,27-38H,1-8,25-26H2. The van der Waals surface area contributed by atoms with Crippen LogP contribution in [-0.2, 0) is 14.2 Å². The molecule has 17 heteroatoms. The van der Waals surface area contributed by atoms with Gasteiger partial charge in [-0.05, 0) is 19.4 Å². The topological polar surface area (TPSA) is 306 Å². The first-order chi connectivity index (χ1) is 19.5. The Hall–Kier alpha value is -0.680. The number of nitrogens with one attached hydrogen (secondary N) is 2. The molecule has 15 atom stereocenters. The van der Waals surface area contributed by atoms with Gasteiger partial charge in [0.25, 0.3) is 0 Å². The Morgan fingerprint density at radius 2 is 1.49 bits per heavy atom. The second kappa shape index (κ2) is 15.9. The van der Waals surface area contributed by atoms with Gasteiger partial charge in [0.2, 0.25) is 0 Å². The molecule has 242 valence electrons. The van der Waals surface area contributed by atoms with Gasteiger partial charge in [0, 0.05) is 31.2 Å². The van der Waals surface area contributed by atoms with Crippen LogP contribution in [0.3, 0.4) is 0 Å². The molecule has 0 aromatic heterocycles. The fourth-order valence-corrected chi connectivity index (χ4v) is 5.83. The first-order valence-corrected chi connectivity index (χ1v) is 14.0. The smallest absolute Gasteiger partial charge is 0.186 e. The largest absolute Gasteiger partial charge is 0.396 e. The lowest BCUT2D eigenvalue weighted by Crippen LogP contribution is -2.71. The molecule has 16 N–H and O–H groups in total. The highest BCUT2D eigenvalue weighted by atomic mass is 16.7. The van der Waals surface area contributed by atoms with Gasteiger partial charge in [-0.1, -0.05) is 0 Å². The molecule has 0 radical (unpaired) electrons. The van der Waals surface area contributed by atoms with Crippen LogP contribution in [0.4, 0.5) is 0 Å². The van der Waals surface area contributed by atoms with Crippen LogP contribution < -0.4 is 22.1 Å². The molecular formula is C24H48N4O13. The van der Waals surface area contributed by atoms with Crippen molar-refractivity contribution >= 4 is 0 Å². The van der Waals surface area contributed by atoms with Gasteiger partial charge in [-0.2, -0.15) is 0 Å². The summed E-state index contributed by atoms with van der Waals surface area (Å²) in [5.41, 5.74) is 12.4. The molecule has 0 aromatic rings. The van der Waals surface area contributed by atoms with E-state index in [0.29, 0.717) is 13.0 Å². The summed E-state index contributed by atoms with van der Waals surface area (Å²) < 4.78 is 17.5. The normalized spacial score (nSPS) is 45.7. The lowest BCUT2D eigenvalue weighted by Gasteiger charge is -2.52. The second-order valence-electron chi connectivity index (χ2n) is 11.1. The molecule has 2 saturated heterocycles. The third-order valence-corrected chi connectivity index (χ3v) is 8.25. The number of aliphatic hydroxyl groups is 10. The Balaban J connectivity index is 1.87. The summed E-state index contributed by atoms with van der Waals surface area (Å²) in [6.07, 6.45) is -15.2. The van der Waals surface area contributed by atoms with Crippen molar-refractivity contribution in [1.82, 2.24) is 10.6 Å². The van der Waals surface area contributed by atoms with E-state index in [9.17, 15) is 46.0 Å². The maximum Gasteiger partial charge on any atom is 0.186 e. The maximum absolute atomic E-state index is 11.6. The van der Waals surface area contributed by atoms with Crippen molar-refractivity contribution < 1.29 is 65.3 Å². The Bertz CT molecular complexity index is 771. The number of rotatable bonds is 13. The molecule has 1 saturated carbocycles. The van der Waals surface area contributed by atoms with E-state index < -0.39 is 117 Å². The fourth-order valence-electron chi connectivity index (χ4n) is 5.83. The van der Waals surface area contributed by atoms with Gasteiger partial charge >= 0.3 is 0 Å². The van der Waals surface area contributed by atoms with Crippen molar-refractivity contribution in [3.05, 3.63) is 0 Å². The van der Waals surface area contributed by atoms with Crippen LogP contribution in [0.2, 0.25) is 0 Å². The average Bonchev–Trinajstić information content (AvgIpc) is 2.96. The molecule has 17 nitrogen and oxygen atoms in total. The van der Waals surface area contributed by atoms with E-state index >= 15 is 0 Å². The lowest BCUT2D eigenvalue weighted by molar-refractivity contribution is -0.310. The van der Waals surface area contributed by atoms with Crippen molar-refractivity contribution in [2.45, 2.75) is 104 Å². The fraction of sp³-hybridized carbons (Fsp3) is 1.00. The van der Waals surface area contributed by atoms with Gasteiger partial charge in [0.1, 0.15) is 42.7 Å². The van der Waals surface area contributed by atoms with Gasteiger partial charge < -0.3 is 87.4 Å². The summed E-state index contributed by atoms with van der Waals surface area (Å²) in [4.78, 5) is 0. The minimum atomic E-state index is -1.66. The van der Waals surface area contributed by atoms with Crippen molar-refractivity contribution in [2.75, 3.05) is 39.5 Å². The predicted octanol–water partition coefficient (Wildman–Crippen LogP) is -8.02. The van der Waals surface area contributed by atoms with E-state index in [1.54, 1.807) is 0 Å². The highest BCUT2D eigenvalue weighted by Crippen LogP contribution is 2.37. The third-order valence-electron chi connectivity index (χ3n) is 8.25. The summed E-state index contributed by atoms with van der Waals surface area (Å²) in [5.74, 6) is -1.09. The van der Waals surface area contributed by atoms with Crippen LogP contribution in [0.15, 0.2) is 0 Å². The summed E-state index contributed by atoms with van der Waals surface area (Å²) in [5, 5.41) is 108. The van der Waals surface area contributed by atoms with Gasteiger partial charge in [-0.25, -0.2) is 0 Å². The monoisotopic (exact) mass is 600 g/mol. The quantitative estimate of drug-likeness (QED) is 0.0873. The van der Waals surface area contributed by atoms with Gasteiger partial charge in [-0.3, -0.25) is 0 Å². The van der Waals surface area contributed by atoms with E-state index in [4.69, 9.17) is 30.8 Å². The lowest BCUT2D eigenvalue weighted by atomic mass is 9.72. The molecular weight excluding hydrogens is 552 g/mol. The molecule has 1 aliphatic carbocycles. The van der Waals surface area contributed by atoms with Crippen LogP contribution in [0.1, 0.15) is 12.8 Å². The Labute approximate surface area is 237 Å². The number of nitrogens with two attached hydrogens (primary N) is 2. The Morgan fingerprint density at radius 1 is 0.805 bits per heavy atom. The van der Waals surface area contributed by atoms with Crippen LogP contribution >= 0.6 is 0 Å².